The van der Waals surface area contributed by atoms with Gasteiger partial charge in [0, 0.05) is 0 Å². The molecule has 0 aromatic carbocycles. The van der Waals surface area contributed by atoms with E-state index in [2.05, 4.69) is 5.82 Å². The first kappa shape index (κ1) is 13.4. The van der Waals surface area contributed by atoms with Gasteiger partial charge in [-0.2, -0.15) is 0 Å². The Kier molecular flexibility index (Phi) is 5.53. The van der Waals surface area contributed by atoms with Crippen LogP contribution >= 0.6 is 0 Å². The molecule has 1 radical (unpaired) electrons. The number of rotatable bonds is 5. The van der Waals surface area contributed by atoms with Gasteiger partial charge in [0.1, 0.15) is 0 Å². The summed E-state index contributed by atoms with van der Waals surface area (Å²) in [5.74, 6) is 2.25. The van der Waals surface area contributed by atoms with Crippen molar-refractivity contribution in [2.75, 3.05) is 6.54 Å². The Hall–Kier alpha value is 0.359. The average molecular weight is 283 g/mol. The molecule has 0 bridgehead atoms. The molecule has 0 aliphatic carbocycles. The molecule has 0 spiro atoms. The van der Waals surface area contributed by atoms with Crippen LogP contribution in [0, 0.1) is 0 Å². The van der Waals surface area contributed by atoms with Gasteiger partial charge in [-0.05, 0) is 0 Å². The Morgan fingerprint density at radius 2 is 2.00 bits per heavy atom. The Labute approximate surface area is 95.7 Å². The van der Waals surface area contributed by atoms with Crippen LogP contribution in [0.4, 0.5) is 0 Å². The van der Waals surface area contributed by atoms with E-state index in [-0.39, 0.29) is 12.2 Å². The molecule has 91 valence electrons. The molecule has 5 heteroatoms. The minimum atomic E-state index is -0.719. The average Bonchev–Trinajstić information content (AvgIpc) is 2.43. The van der Waals surface area contributed by atoms with Gasteiger partial charge in [-0.1, -0.05) is 0 Å². The fraction of sp³-hybridized carbons (Fsp3) is 1.00. The predicted octanol–water partition coefficient (Wildman–Crippen LogP) is -0.0311. The second kappa shape index (κ2) is 6.18. The van der Waals surface area contributed by atoms with Crippen LogP contribution in [-0.4, -0.2) is 55.1 Å². The van der Waals surface area contributed by atoms with Crippen LogP contribution in [0.1, 0.15) is 13.3 Å². The number of ether oxygens (including phenoxy) is 1. The molecule has 0 saturated carbocycles. The van der Waals surface area contributed by atoms with Crippen LogP contribution in [0.15, 0.2) is 0 Å². The van der Waals surface area contributed by atoms with Gasteiger partial charge in [-0.25, -0.2) is 0 Å². The van der Waals surface area contributed by atoms with Crippen molar-refractivity contribution >= 4 is 13.9 Å². The molecule has 0 aromatic heterocycles. The topological polar surface area (TPSA) is 75.7 Å². The zero-order valence-electron chi connectivity index (χ0n) is 9.43. The van der Waals surface area contributed by atoms with E-state index < -0.39 is 26.1 Å². The van der Waals surface area contributed by atoms with Gasteiger partial charge < -0.3 is 0 Å². The monoisotopic (exact) mass is 284 g/mol. The van der Waals surface area contributed by atoms with E-state index in [0.29, 0.717) is 0 Å². The summed E-state index contributed by atoms with van der Waals surface area (Å²) in [4.78, 5) is 0. The SMILES string of the molecule is CC1OC(C[Se](C)CCCN)[C@@H](O)[C@H]1O. The molecule has 4 N–H and O–H groups in total. The van der Waals surface area contributed by atoms with Crippen molar-refractivity contribution in [3.8, 4) is 0 Å². The molecule has 1 fully saturated rings. The molecule has 2 unspecified atom stereocenters. The molecule has 4 atom stereocenters. The first-order valence-corrected chi connectivity index (χ1v) is 9.50. The van der Waals surface area contributed by atoms with Crippen molar-refractivity contribution in [1.29, 1.82) is 0 Å². The molecule has 1 heterocycles. The summed E-state index contributed by atoms with van der Waals surface area (Å²) in [6.45, 7) is 2.54. The maximum atomic E-state index is 9.72. The molecular formula is C10H22NO3Se. The molecule has 1 rings (SSSR count). The van der Waals surface area contributed by atoms with Gasteiger partial charge >= 0.3 is 95.4 Å². The Balaban J connectivity index is 2.32. The summed E-state index contributed by atoms with van der Waals surface area (Å²) >= 11 is -0.710. The van der Waals surface area contributed by atoms with Gasteiger partial charge in [-0.3, -0.25) is 0 Å². The fourth-order valence-corrected chi connectivity index (χ4v) is 5.25. The summed E-state index contributed by atoms with van der Waals surface area (Å²) in [6, 6.07) is 0. The summed E-state index contributed by atoms with van der Waals surface area (Å²) in [6.07, 6.45) is -0.768. The van der Waals surface area contributed by atoms with Crippen LogP contribution in [-0.2, 0) is 4.74 Å². The van der Waals surface area contributed by atoms with E-state index in [0.717, 1.165) is 18.3 Å². The molecule has 0 amide bonds. The van der Waals surface area contributed by atoms with E-state index in [9.17, 15) is 10.2 Å². The van der Waals surface area contributed by atoms with Crippen molar-refractivity contribution in [3.63, 3.8) is 0 Å². The minimum absolute atomic E-state index is 0.164. The van der Waals surface area contributed by atoms with Crippen LogP contribution in [0.5, 0.6) is 0 Å². The number of aliphatic hydroxyl groups is 2. The number of nitrogens with two attached hydrogens (primary N) is 1. The zero-order valence-corrected chi connectivity index (χ0v) is 11.1. The normalized spacial score (nSPS) is 36.4. The fourth-order valence-electron chi connectivity index (χ4n) is 1.77. The summed E-state index contributed by atoms with van der Waals surface area (Å²) in [5.41, 5.74) is 5.46. The Morgan fingerprint density at radius 3 is 2.47 bits per heavy atom. The van der Waals surface area contributed by atoms with Crippen molar-refractivity contribution in [3.05, 3.63) is 0 Å². The third kappa shape index (κ3) is 3.70. The van der Waals surface area contributed by atoms with Crippen LogP contribution < -0.4 is 5.73 Å². The van der Waals surface area contributed by atoms with Gasteiger partial charge in [0.25, 0.3) is 0 Å². The van der Waals surface area contributed by atoms with Gasteiger partial charge in [0.2, 0.25) is 0 Å². The molecule has 0 aromatic rings. The Bertz CT molecular complexity index is 194. The van der Waals surface area contributed by atoms with E-state index >= 15 is 0 Å². The first-order valence-electron chi connectivity index (χ1n) is 5.37. The number of hydrogen-bond acceptors (Lipinski definition) is 4. The van der Waals surface area contributed by atoms with Gasteiger partial charge in [-0.15, -0.1) is 0 Å². The quantitative estimate of drug-likeness (QED) is 0.619. The molecule has 1 saturated heterocycles. The van der Waals surface area contributed by atoms with Crippen LogP contribution in [0.3, 0.4) is 0 Å². The maximum absolute atomic E-state index is 9.72. The number of aliphatic hydroxyl groups excluding tert-OH is 2. The molecule has 4 nitrogen and oxygen atoms in total. The van der Waals surface area contributed by atoms with E-state index in [4.69, 9.17) is 10.5 Å². The van der Waals surface area contributed by atoms with Crippen molar-refractivity contribution in [2.24, 2.45) is 5.73 Å². The van der Waals surface area contributed by atoms with Crippen molar-refractivity contribution in [2.45, 2.75) is 54.2 Å². The summed E-state index contributed by atoms with van der Waals surface area (Å²) < 4.78 is 5.54. The third-order valence-corrected chi connectivity index (χ3v) is 6.70. The molecule has 1 aliphatic rings. The summed E-state index contributed by atoms with van der Waals surface area (Å²) in [7, 11) is 0. The molecule has 1 aliphatic heterocycles. The first-order chi connectivity index (χ1) is 7.06. The van der Waals surface area contributed by atoms with Crippen LogP contribution in [0.2, 0.25) is 16.5 Å². The van der Waals surface area contributed by atoms with Crippen LogP contribution in [0.25, 0.3) is 0 Å². The van der Waals surface area contributed by atoms with Crippen molar-refractivity contribution < 1.29 is 14.9 Å². The second-order valence-corrected chi connectivity index (χ2v) is 8.99. The summed E-state index contributed by atoms with van der Waals surface area (Å²) in [5, 5.41) is 21.4. The molecular weight excluding hydrogens is 261 g/mol. The third-order valence-electron chi connectivity index (χ3n) is 2.75. The Morgan fingerprint density at radius 1 is 1.33 bits per heavy atom. The van der Waals surface area contributed by atoms with Crippen molar-refractivity contribution in [1.82, 2.24) is 0 Å². The number of hydrogen-bond donors (Lipinski definition) is 3. The molecule has 15 heavy (non-hydrogen) atoms. The van der Waals surface area contributed by atoms with E-state index in [1.807, 2.05) is 0 Å². The standard InChI is InChI=1S/C10H22NO3Se/c1-7-9(12)10(13)8(14-7)6-15(2)5-3-4-11/h7-10,12-13H,3-6,11H2,1-2H3/t7?,8?,9-,10+/m0/s1. The van der Waals surface area contributed by atoms with Gasteiger partial charge in [0.15, 0.2) is 0 Å². The van der Waals surface area contributed by atoms with E-state index in [1.54, 1.807) is 6.92 Å². The zero-order chi connectivity index (χ0) is 11.4. The second-order valence-electron chi connectivity index (χ2n) is 4.16. The predicted molar refractivity (Wildman–Crippen MR) is 61.3 cm³/mol. The van der Waals surface area contributed by atoms with E-state index in [1.165, 1.54) is 5.32 Å². The van der Waals surface area contributed by atoms with Gasteiger partial charge in [0.05, 0.1) is 0 Å².